The van der Waals surface area contributed by atoms with Crippen molar-refractivity contribution in [3.8, 4) is 5.88 Å². The van der Waals surface area contributed by atoms with Crippen LogP contribution in [0.15, 0.2) is 29.0 Å². The van der Waals surface area contributed by atoms with E-state index in [0.717, 1.165) is 17.6 Å². The average molecular weight is 258 g/mol. The van der Waals surface area contributed by atoms with Crippen LogP contribution in [0.1, 0.15) is 25.7 Å². The fourth-order valence-corrected chi connectivity index (χ4v) is 3.65. The Hall–Kier alpha value is -1.55. The van der Waals surface area contributed by atoms with E-state index in [1.807, 2.05) is 12.1 Å². The van der Waals surface area contributed by atoms with E-state index < -0.39 is 0 Å². The maximum Gasteiger partial charge on any atom is 0.224 e. The van der Waals surface area contributed by atoms with Crippen molar-refractivity contribution >= 4 is 11.0 Å². The SMILES string of the molecule is c1cc2occc2c(OCC23CCCN2CCC3)n1. The third-order valence-electron chi connectivity index (χ3n) is 4.63. The molecule has 0 atom stereocenters. The van der Waals surface area contributed by atoms with Gasteiger partial charge in [0.05, 0.1) is 17.2 Å². The summed E-state index contributed by atoms with van der Waals surface area (Å²) in [5, 5.41) is 0.974. The predicted molar refractivity (Wildman–Crippen MR) is 72.3 cm³/mol. The number of rotatable bonds is 3. The van der Waals surface area contributed by atoms with Crippen molar-refractivity contribution in [2.75, 3.05) is 19.7 Å². The van der Waals surface area contributed by atoms with E-state index in [2.05, 4.69) is 9.88 Å². The summed E-state index contributed by atoms with van der Waals surface area (Å²) in [6, 6.07) is 3.80. The summed E-state index contributed by atoms with van der Waals surface area (Å²) < 4.78 is 11.4. The molecule has 0 aliphatic carbocycles. The van der Waals surface area contributed by atoms with E-state index in [9.17, 15) is 0 Å². The van der Waals surface area contributed by atoms with Gasteiger partial charge in [0.25, 0.3) is 0 Å². The molecule has 100 valence electrons. The van der Waals surface area contributed by atoms with Crippen LogP contribution in [0.3, 0.4) is 0 Å². The van der Waals surface area contributed by atoms with Gasteiger partial charge in [-0.25, -0.2) is 4.98 Å². The highest BCUT2D eigenvalue weighted by molar-refractivity contribution is 5.81. The first-order valence-corrected chi connectivity index (χ1v) is 7.08. The van der Waals surface area contributed by atoms with Gasteiger partial charge in [-0.1, -0.05) is 0 Å². The van der Waals surface area contributed by atoms with E-state index in [-0.39, 0.29) is 5.54 Å². The molecule has 2 aromatic heterocycles. The van der Waals surface area contributed by atoms with Gasteiger partial charge in [0.1, 0.15) is 12.2 Å². The van der Waals surface area contributed by atoms with Gasteiger partial charge >= 0.3 is 0 Å². The summed E-state index contributed by atoms with van der Waals surface area (Å²) in [5.74, 6) is 0.708. The molecule has 2 aliphatic rings. The lowest BCUT2D eigenvalue weighted by atomic mass is 9.95. The van der Waals surface area contributed by atoms with Gasteiger partial charge in [-0.2, -0.15) is 0 Å². The topological polar surface area (TPSA) is 38.5 Å². The Morgan fingerprint density at radius 1 is 1.26 bits per heavy atom. The zero-order valence-corrected chi connectivity index (χ0v) is 11.0. The minimum Gasteiger partial charge on any atom is -0.475 e. The summed E-state index contributed by atoms with van der Waals surface area (Å²) >= 11 is 0. The highest BCUT2D eigenvalue weighted by atomic mass is 16.5. The first-order chi connectivity index (χ1) is 9.37. The highest BCUT2D eigenvalue weighted by Gasteiger charge is 2.44. The first-order valence-electron chi connectivity index (χ1n) is 7.08. The molecule has 0 unspecified atom stereocenters. The van der Waals surface area contributed by atoms with Gasteiger partial charge in [0.15, 0.2) is 0 Å². The number of hydrogen-bond donors (Lipinski definition) is 0. The second-order valence-corrected chi connectivity index (χ2v) is 5.66. The summed E-state index contributed by atoms with van der Waals surface area (Å²) in [5.41, 5.74) is 1.12. The minimum atomic E-state index is 0.271. The first kappa shape index (κ1) is 11.3. The highest BCUT2D eigenvalue weighted by Crippen LogP contribution is 2.39. The maximum absolute atomic E-state index is 6.05. The zero-order valence-electron chi connectivity index (χ0n) is 11.0. The van der Waals surface area contributed by atoms with Crippen molar-refractivity contribution in [3.63, 3.8) is 0 Å². The molecule has 0 amide bonds. The fraction of sp³-hybridized carbons (Fsp3) is 0.533. The minimum absolute atomic E-state index is 0.271. The predicted octanol–water partition coefficient (Wildman–Crippen LogP) is 2.84. The number of pyridine rings is 1. The Kier molecular flexibility index (Phi) is 2.52. The lowest BCUT2D eigenvalue weighted by Crippen LogP contribution is -2.43. The molecule has 0 radical (unpaired) electrons. The molecule has 0 bridgehead atoms. The van der Waals surface area contributed by atoms with Gasteiger partial charge in [0.2, 0.25) is 5.88 Å². The Labute approximate surface area is 112 Å². The van der Waals surface area contributed by atoms with Gasteiger partial charge in [-0.3, -0.25) is 4.90 Å². The second-order valence-electron chi connectivity index (χ2n) is 5.66. The van der Waals surface area contributed by atoms with E-state index >= 15 is 0 Å². The Morgan fingerprint density at radius 2 is 2.11 bits per heavy atom. The van der Waals surface area contributed by atoms with Crippen LogP contribution in [0.2, 0.25) is 0 Å². The van der Waals surface area contributed by atoms with Crippen molar-refractivity contribution in [1.29, 1.82) is 0 Å². The van der Waals surface area contributed by atoms with Crippen LogP contribution in [0.4, 0.5) is 0 Å². The molecule has 4 heterocycles. The van der Waals surface area contributed by atoms with E-state index in [4.69, 9.17) is 9.15 Å². The standard InChI is InChI=1S/C15H18N2O2/c1-5-15(6-2-9-17(15)8-1)11-19-14-12-4-10-18-13(12)3-7-16-14/h3-4,7,10H,1-2,5-6,8-9,11H2. The molecule has 0 saturated carbocycles. The average Bonchev–Trinajstić information content (AvgIpc) is 3.10. The van der Waals surface area contributed by atoms with Gasteiger partial charge < -0.3 is 9.15 Å². The summed E-state index contributed by atoms with van der Waals surface area (Å²) in [4.78, 5) is 6.95. The van der Waals surface area contributed by atoms with Crippen LogP contribution in [0, 0.1) is 0 Å². The summed E-state index contributed by atoms with van der Waals surface area (Å²) in [6.07, 6.45) is 8.55. The quantitative estimate of drug-likeness (QED) is 0.848. The van der Waals surface area contributed by atoms with Gasteiger partial charge in [0, 0.05) is 6.20 Å². The van der Waals surface area contributed by atoms with Crippen LogP contribution in [0.25, 0.3) is 11.0 Å². The molecule has 4 rings (SSSR count). The van der Waals surface area contributed by atoms with Crippen molar-refractivity contribution in [3.05, 3.63) is 24.6 Å². The molecular weight excluding hydrogens is 240 g/mol. The van der Waals surface area contributed by atoms with Gasteiger partial charge in [-0.05, 0) is 50.9 Å². The molecule has 0 N–H and O–H groups in total. The molecule has 4 heteroatoms. The number of nitrogens with zero attached hydrogens (tertiary/aromatic N) is 2. The molecule has 2 saturated heterocycles. The molecule has 0 aromatic carbocycles. The van der Waals surface area contributed by atoms with Crippen molar-refractivity contribution in [2.45, 2.75) is 31.2 Å². The fourth-order valence-electron chi connectivity index (χ4n) is 3.65. The van der Waals surface area contributed by atoms with Crippen LogP contribution in [-0.4, -0.2) is 35.1 Å². The number of fused-ring (bicyclic) bond motifs is 2. The largest absolute Gasteiger partial charge is 0.475 e. The smallest absolute Gasteiger partial charge is 0.224 e. The third-order valence-corrected chi connectivity index (χ3v) is 4.63. The molecule has 2 aromatic rings. The number of hydrogen-bond acceptors (Lipinski definition) is 4. The third kappa shape index (κ3) is 1.74. The molecule has 19 heavy (non-hydrogen) atoms. The molecule has 4 nitrogen and oxygen atoms in total. The molecular formula is C15H18N2O2. The lowest BCUT2D eigenvalue weighted by Gasteiger charge is -2.31. The number of ether oxygens (including phenoxy) is 1. The Balaban J connectivity index is 1.57. The summed E-state index contributed by atoms with van der Waals surface area (Å²) in [6.45, 7) is 3.21. The van der Waals surface area contributed by atoms with Gasteiger partial charge in [-0.15, -0.1) is 0 Å². The number of furan rings is 1. The lowest BCUT2D eigenvalue weighted by molar-refractivity contribution is 0.112. The Bertz CT molecular complexity index is 583. The van der Waals surface area contributed by atoms with E-state index in [1.54, 1.807) is 12.5 Å². The normalized spacial score (nSPS) is 21.9. The van der Waals surface area contributed by atoms with Crippen LogP contribution in [0.5, 0.6) is 5.88 Å². The monoisotopic (exact) mass is 258 g/mol. The van der Waals surface area contributed by atoms with Crippen LogP contribution < -0.4 is 4.74 Å². The molecule has 2 fully saturated rings. The molecule has 2 aliphatic heterocycles. The maximum atomic E-state index is 6.05. The molecule has 0 spiro atoms. The summed E-state index contributed by atoms with van der Waals surface area (Å²) in [7, 11) is 0. The van der Waals surface area contributed by atoms with Crippen LogP contribution >= 0.6 is 0 Å². The van der Waals surface area contributed by atoms with Crippen molar-refractivity contribution in [1.82, 2.24) is 9.88 Å². The Morgan fingerprint density at radius 3 is 2.95 bits per heavy atom. The van der Waals surface area contributed by atoms with E-state index in [0.29, 0.717) is 5.88 Å². The van der Waals surface area contributed by atoms with Crippen LogP contribution in [-0.2, 0) is 0 Å². The van der Waals surface area contributed by atoms with Crippen molar-refractivity contribution < 1.29 is 9.15 Å². The second kappa shape index (κ2) is 4.23. The van der Waals surface area contributed by atoms with Crippen molar-refractivity contribution in [2.24, 2.45) is 0 Å². The zero-order chi connectivity index (χ0) is 12.7. The van der Waals surface area contributed by atoms with E-state index in [1.165, 1.54) is 38.8 Å². The number of aromatic nitrogens is 1.